The lowest BCUT2D eigenvalue weighted by atomic mass is 9.86. The van der Waals surface area contributed by atoms with Crippen LogP contribution in [0.1, 0.15) is 31.2 Å². The second-order valence-corrected chi connectivity index (χ2v) is 5.55. The molecule has 0 atom stereocenters. The Balaban J connectivity index is 2.08. The lowest BCUT2D eigenvalue weighted by Crippen LogP contribution is -2.36. The quantitative estimate of drug-likeness (QED) is 0.675. The molecule has 20 heavy (non-hydrogen) atoms. The number of aryl methyl sites for hydroxylation is 1. The number of hydrogen-bond acceptors (Lipinski definition) is 5. The summed E-state index contributed by atoms with van der Waals surface area (Å²) in [5, 5.41) is 20.0. The van der Waals surface area contributed by atoms with Gasteiger partial charge in [0.2, 0.25) is 0 Å². The largest absolute Gasteiger partial charge is 0.396 e. The summed E-state index contributed by atoms with van der Waals surface area (Å²) in [5.74, 6) is 1.20. The predicted molar refractivity (Wildman–Crippen MR) is 76.9 cm³/mol. The van der Waals surface area contributed by atoms with Crippen LogP contribution in [0.4, 0.5) is 11.5 Å². The van der Waals surface area contributed by atoms with Crippen molar-refractivity contribution in [2.75, 3.05) is 18.6 Å². The normalized spacial score (nSPS) is 22.6. The van der Waals surface area contributed by atoms with Gasteiger partial charge < -0.3 is 10.0 Å². The van der Waals surface area contributed by atoms with E-state index >= 15 is 0 Å². The Morgan fingerprint density at radius 2 is 2.10 bits per heavy atom. The number of hydrogen-bond donors (Lipinski definition) is 1. The van der Waals surface area contributed by atoms with Gasteiger partial charge in [-0.15, -0.1) is 0 Å². The number of pyridine rings is 1. The maximum absolute atomic E-state index is 10.8. The van der Waals surface area contributed by atoms with E-state index in [1.54, 1.807) is 13.0 Å². The molecule has 6 heteroatoms. The smallest absolute Gasteiger partial charge is 0.290 e. The van der Waals surface area contributed by atoms with Gasteiger partial charge in [-0.2, -0.15) is 0 Å². The van der Waals surface area contributed by atoms with Crippen LogP contribution in [0.25, 0.3) is 0 Å². The fourth-order valence-electron chi connectivity index (χ4n) is 2.82. The first-order valence-electron chi connectivity index (χ1n) is 6.97. The molecule has 0 aliphatic heterocycles. The first-order chi connectivity index (χ1) is 9.52. The number of aromatic nitrogens is 1. The molecule has 1 N–H and O–H groups in total. The second-order valence-electron chi connectivity index (χ2n) is 5.55. The van der Waals surface area contributed by atoms with Crippen LogP contribution < -0.4 is 4.90 Å². The Kier molecular flexibility index (Phi) is 4.54. The van der Waals surface area contributed by atoms with Crippen molar-refractivity contribution < 1.29 is 10.0 Å². The van der Waals surface area contributed by atoms with Crippen molar-refractivity contribution in [2.45, 2.75) is 38.6 Å². The minimum absolute atomic E-state index is 0.0612. The van der Waals surface area contributed by atoms with Crippen molar-refractivity contribution in [3.05, 3.63) is 27.9 Å². The van der Waals surface area contributed by atoms with E-state index in [1.807, 2.05) is 7.05 Å². The average molecular weight is 279 g/mol. The van der Waals surface area contributed by atoms with Gasteiger partial charge in [-0.3, -0.25) is 10.1 Å². The van der Waals surface area contributed by atoms with Crippen molar-refractivity contribution in [1.82, 2.24) is 4.98 Å². The molecule has 2 rings (SSSR count). The van der Waals surface area contributed by atoms with Crippen LogP contribution in [0.15, 0.2) is 12.3 Å². The summed E-state index contributed by atoms with van der Waals surface area (Å²) in [5.41, 5.74) is 0.696. The summed E-state index contributed by atoms with van der Waals surface area (Å²) in [6.45, 7) is 2.01. The van der Waals surface area contributed by atoms with Crippen LogP contribution >= 0.6 is 0 Å². The molecule has 0 bridgehead atoms. The fraction of sp³-hybridized carbons (Fsp3) is 0.643. The van der Waals surface area contributed by atoms with Gasteiger partial charge >= 0.3 is 0 Å². The number of anilines is 1. The molecule has 1 saturated carbocycles. The van der Waals surface area contributed by atoms with E-state index in [4.69, 9.17) is 5.11 Å². The summed E-state index contributed by atoms with van der Waals surface area (Å²) in [4.78, 5) is 16.7. The standard InChI is InChI=1S/C14H21N3O3/c1-10-7-14(15-8-13(10)17(19)20)16(2)12-5-3-11(9-18)4-6-12/h7-8,11-12,18H,3-6,9H2,1-2H3. The first kappa shape index (κ1) is 14.7. The molecular weight excluding hydrogens is 258 g/mol. The molecule has 1 aliphatic rings. The minimum atomic E-state index is -0.404. The molecule has 0 unspecified atom stereocenters. The van der Waals surface area contributed by atoms with Crippen molar-refractivity contribution in [3.8, 4) is 0 Å². The zero-order valence-corrected chi connectivity index (χ0v) is 12.0. The Bertz CT molecular complexity index is 485. The van der Waals surface area contributed by atoms with Crippen LogP contribution in [-0.4, -0.2) is 34.7 Å². The molecule has 1 aliphatic carbocycles. The highest BCUT2D eigenvalue weighted by Crippen LogP contribution is 2.30. The topological polar surface area (TPSA) is 79.5 Å². The van der Waals surface area contributed by atoms with Gasteiger partial charge in [0.15, 0.2) is 0 Å². The number of nitrogens with zero attached hydrogens (tertiary/aromatic N) is 3. The zero-order chi connectivity index (χ0) is 14.7. The van der Waals surface area contributed by atoms with Gasteiger partial charge in [0.05, 0.1) is 4.92 Å². The third-order valence-electron chi connectivity index (χ3n) is 4.25. The molecule has 1 aromatic rings. The lowest BCUT2D eigenvalue weighted by Gasteiger charge is -2.34. The number of rotatable bonds is 4. The number of aliphatic hydroxyl groups excluding tert-OH is 1. The summed E-state index contributed by atoms with van der Waals surface area (Å²) >= 11 is 0. The van der Waals surface area contributed by atoms with E-state index in [2.05, 4.69) is 9.88 Å². The molecule has 1 heterocycles. The molecule has 0 radical (unpaired) electrons. The van der Waals surface area contributed by atoms with Gasteiger partial charge in [0.1, 0.15) is 12.0 Å². The molecule has 1 aromatic heterocycles. The van der Waals surface area contributed by atoms with E-state index in [9.17, 15) is 10.1 Å². The van der Waals surface area contributed by atoms with Gasteiger partial charge in [-0.25, -0.2) is 4.98 Å². The van der Waals surface area contributed by atoms with Gasteiger partial charge in [0, 0.05) is 25.3 Å². The molecule has 0 saturated heterocycles. The Morgan fingerprint density at radius 1 is 1.45 bits per heavy atom. The van der Waals surface area contributed by atoms with Crippen molar-refractivity contribution in [3.63, 3.8) is 0 Å². The van der Waals surface area contributed by atoms with Crippen LogP contribution in [0.3, 0.4) is 0 Å². The number of aliphatic hydroxyl groups is 1. The molecule has 0 aromatic carbocycles. The third-order valence-corrected chi connectivity index (χ3v) is 4.25. The summed E-state index contributed by atoms with van der Waals surface area (Å²) in [6.07, 6.45) is 5.44. The first-order valence-corrected chi connectivity index (χ1v) is 6.97. The van der Waals surface area contributed by atoms with Crippen molar-refractivity contribution >= 4 is 11.5 Å². The van der Waals surface area contributed by atoms with Crippen LogP contribution in [-0.2, 0) is 0 Å². The molecule has 0 spiro atoms. The van der Waals surface area contributed by atoms with Gasteiger partial charge in [0.25, 0.3) is 5.69 Å². The molecule has 6 nitrogen and oxygen atoms in total. The van der Waals surface area contributed by atoms with Crippen LogP contribution in [0.2, 0.25) is 0 Å². The highest BCUT2D eigenvalue weighted by atomic mass is 16.6. The maximum Gasteiger partial charge on any atom is 0.290 e. The van der Waals surface area contributed by atoms with E-state index in [-0.39, 0.29) is 12.3 Å². The fourth-order valence-corrected chi connectivity index (χ4v) is 2.82. The minimum Gasteiger partial charge on any atom is -0.396 e. The van der Waals surface area contributed by atoms with Crippen molar-refractivity contribution in [2.24, 2.45) is 5.92 Å². The number of nitro groups is 1. The maximum atomic E-state index is 10.8. The van der Waals surface area contributed by atoms with Crippen LogP contribution in [0, 0.1) is 23.0 Å². The van der Waals surface area contributed by atoms with Crippen molar-refractivity contribution in [1.29, 1.82) is 0 Å². The monoisotopic (exact) mass is 279 g/mol. The van der Waals surface area contributed by atoms with Gasteiger partial charge in [-0.05, 0) is 44.6 Å². The van der Waals surface area contributed by atoms with E-state index in [0.717, 1.165) is 31.5 Å². The Morgan fingerprint density at radius 3 is 2.60 bits per heavy atom. The second kappa shape index (κ2) is 6.17. The zero-order valence-electron chi connectivity index (χ0n) is 12.0. The summed E-state index contributed by atoms with van der Waals surface area (Å²) < 4.78 is 0. The molecule has 0 amide bonds. The predicted octanol–water partition coefficient (Wildman–Crippen LogP) is 2.29. The molecule has 110 valence electrons. The van der Waals surface area contributed by atoms with Crippen LogP contribution in [0.5, 0.6) is 0 Å². The summed E-state index contributed by atoms with van der Waals surface area (Å²) in [6, 6.07) is 2.17. The van der Waals surface area contributed by atoms with Gasteiger partial charge in [-0.1, -0.05) is 0 Å². The highest BCUT2D eigenvalue weighted by Gasteiger charge is 2.25. The molecule has 1 fully saturated rings. The van der Waals surface area contributed by atoms with E-state index < -0.39 is 4.92 Å². The summed E-state index contributed by atoms with van der Waals surface area (Å²) in [7, 11) is 1.98. The van der Waals surface area contributed by atoms with E-state index in [1.165, 1.54) is 6.20 Å². The lowest BCUT2D eigenvalue weighted by molar-refractivity contribution is -0.385. The highest BCUT2D eigenvalue weighted by molar-refractivity contribution is 5.48. The Labute approximate surface area is 118 Å². The average Bonchev–Trinajstić information content (AvgIpc) is 2.46. The molecular formula is C14H21N3O3. The third kappa shape index (κ3) is 3.07. The van der Waals surface area contributed by atoms with E-state index in [0.29, 0.717) is 17.5 Å². The Hall–Kier alpha value is -1.69. The SMILES string of the molecule is Cc1cc(N(C)C2CCC(CO)CC2)ncc1[N+](=O)[O-].